The molecule has 0 aromatic carbocycles. The average Bonchev–Trinajstić information content (AvgIpc) is 2.37. The topological polar surface area (TPSA) is 38.9 Å². The standard InChI is InChI=1S/C6H9N2O/c1-3-5(2)6-4-9-8-7-6/h4-5H,1,3H2,2H3. The number of hydrogen-bond donors (Lipinski definition) is 0. The third kappa shape index (κ3) is 1.28. The van der Waals surface area contributed by atoms with Gasteiger partial charge in [-0.15, -0.1) is 5.10 Å². The fourth-order valence-electron chi connectivity index (χ4n) is 0.534. The molecular formula is C6H9N2O. The van der Waals surface area contributed by atoms with Crippen molar-refractivity contribution in [2.75, 3.05) is 0 Å². The lowest BCUT2D eigenvalue weighted by Crippen LogP contribution is -1.90. The molecule has 0 N–H and O–H groups in total. The molecule has 0 saturated carbocycles. The summed E-state index contributed by atoms with van der Waals surface area (Å²) < 4.78 is 4.55. The van der Waals surface area contributed by atoms with Crippen molar-refractivity contribution < 1.29 is 4.52 Å². The van der Waals surface area contributed by atoms with Gasteiger partial charge in [-0.3, -0.25) is 0 Å². The first kappa shape index (κ1) is 6.26. The molecule has 9 heavy (non-hydrogen) atoms. The average molecular weight is 125 g/mol. The number of aromatic nitrogens is 2. The van der Waals surface area contributed by atoms with Crippen LogP contribution in [0.1, 0.15) is 25.0 Å². The Morgan fingerprint density at radius 3 is 3.11 bits per heavy atom. The van der Waals surface area contributed by atoms with Gasteiger partial charge in [0.25, 0.3) is 0 Å². The molecule has 49 valence electrons. The molecular weight excluding hydrogens is 116 g/mol. The van der Waals surface area contributed by atoms with E-state index in [2.05, 4.69) is 21.8 Å². The lowest BCUT2D eigenvalue weighted by molar-refractivity contribution is 0.392. The van der Waals surface area contributed by atoms with Crippen molar-refractivity contribution in [3.63, 3.8) is 0 Å². The Bertz CT molecular complexity index is 160. The van der Waals surface area contributed by atoms with E-state index in [0.717, 1.165) is 12.1 Å². The first-order chi connectivity index (χ1) is 4.34. The van der Waals surface area contributed by atoms with Gasteiger partial charge in [0.1, 0.15) is 12.0 Å². The summed E-state index contributed by atoms with van der Waals surface area (Å²) in [5.74, 6) is 0.358. The van der Waals surface area contributed by atoms with Crippen molar-refractivity contribution in [1.82, 2.24) is 10.4 Å². The molecule has 1 aromatic heterocycles. The van der Waals surface area contributed by atoms with E-state index in [1.54, 1.807) is 6.26 Å². The van der Waals surface area contributed by atoms with Crippen LogP contribution in [0.15, 0.2) is 10.8 Å². The van der Waals surface area contributed by atoms with Crippen LogP contribution in [-0.2, 0) is 0 Å². The molecule has 1 atom stereocenters. The Balaban J connectivity index is 2.65. The predicted octanol–water partition coefficient (Wildman–Crippen LogP) is 1.40. The van der Waals surface area contributed by atoms with Crippen molar-refractivity contribution in [3.05, 3.63) is 18.9 Å². The minimum atomic E-state index is 0.358. The zero-order chi connectivity index (χ0) is 6.69. The summed E-state index contributed by atoms with van der Waals surface area (Å²) in [5.41, 5.74) is 0.880. The number of nitrogens with zero attached hydrogens (tertiary/aromatic N) is 2. The second-order valence-corrected chi connectivity index (χ2v) is 2.02. The molecule has 0 spiro atoms. The lowest BCUT2D eigenvalue weighted by atomic mass is 10.1. The van der Waals surface area contributed by atoms with Crippen molar-refractivity contribution >= 4 is 0 Å². The van der Waals surface area contributed by atoms with Crippen LogP contribution in [0.25, 0.3) is 0 Å². The maximum atomic E-state index is 4.55. The van der Waals surface area contributed by atoms with Crippen molar-refractivity contribution in [2.45, 2.75) is 19.3 Å². The van der Waals surface area contributed by atoms with E-state index in [9.17, 15) is 0 Å². The molecule has 0 aliphatic heterocycles. The number of hydrogen-bond acceptors (Lipinski definition) is 3. The maximum absolute atomic E-state index is 4.55. The van der Waals surface area contributed by atoms with Gasteiger partial charge in [0, 0.05) is 11.2 Å². The largest absolute Gasteiger partial charge is 0.345 e. The summed E-state index contributed by atoms with van der Waals surface area (Å²) in [4.78, 5) is 0. The molecule has 0 bridgehead atoms. The summed E-state index contributed by atoms with van der Waals surface area (Å²) in [5, 5.41) is 7.07. The first-order valence-corrected chi connectivity index (χ1v) is 2.90. The van der Waals surface area contributed by atoms with Crippen LogP contribution in [0, 0.1) is 6.92 Å². The van der Waals surface area contributed by atoms with E-state index in [0.29, 0.717) is 5.92 Å². The Labute approximate surface area is 54.0 Å². The van der Waals surface area contributed by atoms with Crippen LogP contribution < -0.4 is 0 Å². The molecule has 3 nitrogen and oxygen atoms in total. The summed E-state index contributed by atoms with van der Waals surface area (Å²) >= 11 is 0. The molecule has 0 fully saturated rings. The normalized spacial score (nSPS) is 13.6. The van der Waals surface area contributed by atoms with Gasteiger partial charge in [0.2, 0.25) is 0 Å². The molecule has 3 heteroatoms. The fraction of sp³-hybridized carbons (Fsp3) is 0.500. The van der Waals surface area contributed by atoms with Gasteiger partial charge < -0.3 is 4.52 Å². The summed E-state index contributed by atoms with van der Waals surface area (Å²) in [7, 11) is 0. The van der Waals surface area contributed by atoms with E-state index in [1.807, 2.05) is 6.92 Å². The third-order valence-corrected chi connectivity index (χ3v) is 1.31. The van der Waals surface area contributed by atoms with Gasteiger partial charge in [-0.1, -0.05) is 13.8 Å². The van der Waals surface area contributed by atoms with E-state index in [-0.39, 0.29) is 0 Å². The van der Waals surface area contributed by atoms with Crippen LogP contribution in [0.3, 0.4) is 0 Å². The van der Waals surface area contributed by atoms with Gasteiger partial charge in [0.05, 0.1) is 0 Å². The third-order valence-electron chi connectivity index (χ3n) is 1.31. The Morgan fingerprint density at radius 1 is 1.89 bits per heavy atom. The minimum Gasteiger partial charge on any atom is -0.345 e. The highest BCUT2D eigenvalue weighted by molar-refractivity contribution is 4.96. The molecule has 0 saturated heterocycles. The number of rotatable bonds is 2. The molecule has 1 aromatic rings. The molecule has 0 aliphatic rings. The highest BCUT2D eigenvalue weighted by atomic mass is 16.5. The van der Waals surface area contributed by atoms with E-state index in [1.165, 1.54) is 0 Å². The Kier molecular flexibility index (Phi) is 1.82. The van der Waals surface area contributed by atoms with Crippen molar-refractivity contribution in [1.29, 1.82) is 0 Å². The van der Waals surface area contributed by atoms with Crippen molar-refractivity contribution in [2.24, 2.45) is 0 Å². The second-order valence-electron chi connectivity index (χ2n) is 2.02. The summed E-state index contributed by atoms with van der Waals surface area (Å²) in [6.07, 6.45) is 2.38. The van der Waals surface area contributed by atoms with Crippen molar-refractivity contribution in [3.8, 4) is 0 Å². The lowest BCUT2D eigenvalue weighted by Gasteiger charge is -1.98. The van der Waals surface area contributed by atoms with E-state index >= 15 is 0 Å². The molecule has 0 aliphatic carbocycles. The molecule has 1 heterocycles. The quantitative estimate of drug-likeness (QED) is 0.599. The highest BCUT2D eigenvalue weighted by Gasteiger charge is 2.05. The summed E-state index contributed by atoms with van der Waals surface area (Å²) in [6.45, 7) is 5.77. The van der Waals surface area contributed by atoms with Crippen LogP contribution in [0.5, 0.6) is 0 Å². The van der Waals surface area contributed by atoms with Crippen LogP contribution >= 0.6 is 0 Å². The van der Waals surface area contributed by atoms with Gasteiger partial charge in [0.15, 0.2) is 0 Å². The zero-order valence-corrected chi connectivity index (χ0v) is 5.37. The van der Waals surface area contributed by atoms with Crippen LogP contribution in [0.2, 0.25) is 0 Å². The van der Waals surface area contributed by atoms with E-state index in [4.69, 9.17) is 0 Å². The monoisotopic (exact) mass is 125 g/mol. The maximum Gasteiger partial charge on any atom is 0.147 e. The van der Waals surface area contributed by atoms with Gasteiger partial charge in [-0.05, 0) is 6.42 Å². The minimum absolute atomic E-state index is 0.358. The highest BCUT2D eigenvalue weighted by Crippen LogP contribution is 2.13. The molecule has 0 amide bonds. The van der Waals surface area contributed by atoms with Gasteiger partial charge >= 0.3 is 0 Å². The predicted molar refractivity (Wildman–Crippen MR) is 32.7 cm³/mol. The van der Waals surface area contributed by atoms with Crippen LogP contribution in [-0.4, -0.2) is 10.4 Å². The summed E-state index contributed by atoms with van der Waals surface area (Å²) in [6, 6.07) is 0. The smallest absolute Gasteiger partial charge is 0.147 e. The molecule has 1 unspecified atom stereocenters. The van der Waals surface area contributed by atoms with Gasteiger partial charge in [-0.2, -0.15) is 0 Å². The second kappa shape index (κ2) is 2.62. The molecule has 1 radical (unpaired) electrons. The molecule has 1 rings (SSSR count). The Morgan fingerprint density at radius 2 is 2.67 bits per heavy atom. The van der Waals surface area contributed by atoms with E-state index < -0.39 is 0 Å². The fourth-order valence-corrected chi connectivity index (χ4v) is 0.534. The first-order valence-electron chi connectivity index (χ1n) is 2.90. The van der Waals surface area contributed by atoms with Crippen LogP contribution in [0.4, 0.5) is 0 Å². The SMILES string of the molecule is [CH2]CC(C)c1conn1. The van der Waals surface area contributed by atoms with Gasteiger partial charge in [-0.25, -0.2) is 0 Å². The zero-order valence-electron chi connectivity index (χ0n) is 5.37. The Hall–Kier alpha value is -0.860.